The molecular formula is C20H25N5O3. The Morgan fingerprint density at radius 3 is 2.79 bits per heavy atom. The van der Waals surface area contributed by atoms with Crippen molar-refractivity contribution in [2.75, 3.05) is 5.32 Å². The van der Waals surface area contributed by atoms with E-state index in [0.717, 1.165) is 24.2 Å². The lowest BCUT2D eigenvalue weighted by Gasteiger charge is -2.24. The molecule has 3 aliphatic rings. The molecule has 148 valence electrons. The summed E-state index contributed by atoms with van der Waals surface area (Å²) in [6, 6.07) is 0.447. The molecule has 1 N–H and O–H groups in total. The standard InChI is InChI=1S/C20H25N5O3/c1-4-7-13-15-16(28-20(2,3)27-15)19(26-13)25-11-23-14-17(21-10-22-18(14)25)24-12-8-5-6-9-12/h1,10-13,15-16,19H,5-9H2,2-3H3,(H,21,22,24)/t13-,15+,16?,19-/m1/s1. The number of terminal acetylenes is 1. The van der Waals surface area contributed by atoms with Gasteiger partial charge in [0.1, 0.15) is 24.6 Å². The van der Waals surface area contributed by atoms with Crippen molar-refractivity contribution in [2.24, 2.45) is 0 Å². The van der Waals surface area contributed by atoms with E-state index in [1.165, 1.54) is 12.8 Å². The van der Waals surface area contributed by atoms with Gasteiger partial charge in [0, 0.05) is 12.5 Å². The predicted octanol–water partition coefficient (Wildman–Crippen LogP) is 2.62. The Morgan fingerprint density at radius 2 is 2.00 bits per heavy atom. The van der Waals surface area contributed by atoms with Crippen LogP contribution in [-0.2, 0) is 14.2 Å². The summed E-state index contributed by atoms with van der Waals surface area (Å²) in [4.78, 5) is 13.5. The molecule has 0 spiro atoms. The summed E-state index contributed by atoms with van der Waals surface area (Å²) in [7, 11) is 0. The molecule has 4 atom stereocenters. The van der Waals surface area contributed by atoms with Gasteiger partial charge >= 0.3 is 0 Å². The van der Waals surface area contributed by atoms with E-state index in [1.54, 1.807) is 12.7 Å². The fourth-order valence-electron chi connectivity index (χ4n) is 4.57. The number of aromatic nitrogens is 4. The van der Waals surface area contributed by atoms with Gasteiger partial charge in [0.05, 0.1) is 6.33 Å². The zero-order chi connectivity index (χ0) is 19.3. The van der Waals surface area contributed by atoms with Gasteiger partial charge in [-0.25, -0.2) is 15.0 Å². The van der Waals surface area contributed by atoms with Crippen molar-refractivity contribution < 1.29 is 14.2 Å². The van der Waals surface area contributed by atoms with Crippen molar-refractivity contribution in [3.05, 3.63) is 12.7 Å². The molecule has 8 nitrogen and oxygen atoms in total. The summed E-state index contributed by atoms with van der Waals surface area (Å²) < 4.78 is 20.4. The third kappa shape index (κ3) is 2.94. The lowest BCUT2D eigenvalue weighted by Crippen LogP contribution is -2.29. The number of hydrogen-bond acceptors (Lipinski definition) is 7. The van der Waals surface area contributed by atoms with E-state index in [0.29, 0.717) is 18.1 Å². The van der Waals surface area contributed by atoms with Crippen molar-refractivity contribution >= 4 is 17.0 Å². The Balaban J connectivity index is 1.48. The Bertz CT molecular complexity index is 914. The van der Waals surface area contributed by atoms with E-state index in [4.69, 9.17) is 20.6 Å². The third-order valence-electron chi connectivity index (χ3n) is 5.77. The van der Waals surface area contributed by atoms with E-state index in [1.807, 2.05) is 18.4 Å². The van der Waals surface area contributed by atoms with Gasteiger partial charge in [-0.1, -0.05) is 12.8 Å². The molecular weight excluding hydrogens is 358 g/mol. The Hall–Kier alpha value is -2.21. The van der Waals surface area contributed by atoms with Crippen LogP contribution in [0, 0.1) is 12.3 Å². The molecule has 0 bridgehead atoms. The summed E-state index contributed by atoms with van der Waals surface area (Å²) in [6.45, 7) is 3.82. The zero-order valence-corrected chi connectivity index (χ0v) is 16.2. The molecule has 4 heterocycles. The predicted molar refractivity (Wildman–Crippen MR) is 102 cm³/mol. The van der Waals surface area contributed by atoms with Crippen LogP contribution in [-0.4, -0.2) is 49.7 Å². The van der Waals surface area contributed by atoms with E-state index >= 15 is 0 Å². The molecule has 2 aliphatic heterocycles. The Labute approximate surface area is 164 Å². The molecule has 5 rings (SSSR count). The van der Waals surface area contributed by atoms with Crippen LogP contribution in [0.1, 0.15) is 52.2 Å². The number of ether oxygens (including phenoxy) is 3. The first kappa shape index (κ1) is 17.9. The average Bonchev–Trinajstić information content (AvgIpc) is 3.41. The summed E-state index contributed by atoms with van der Waals surface area (Å²) >= 11 is 0. The fourth-order valence-corrected chi connectivity index (χ4v) is 4.57. The number of nitrogens with zero attached hydrogens (tertiary/aromatic N) is 4. The third-order valence-corrected chi connectivity index (χ3v) is 5.77. The molecule has 28 heavy (non-hydrogen) atoms. The first-order valence-corrected chi connectivity index (χ1v) is 9.94. The maximum Gasteiger partial charge on any atom is 0.167 e. The van der Waals surface area contributed by atoms with Gasteiger partial charge in [-0.2, -0.15) is 0 Å². The highest BCUT2D eigenvalue weighted by molar-refractivity contribution is 5.82. The van der Waals surface area contributed by atoms with Gasteiger partial charge in [-0.15, -0.1) is 12.3 Å². The largest absolute Gasteiger partial charge is 0.365 e. The normalized spacial score (nSPS) is 31.9. The zero-order valence-electron chi connectivity index (χ0n) is 16.2. The number of anilines is 1. The quantitative estimate of drug-likeness (QED) is 0.813. The van der Waals surface area contributed by atoms with Crippen LogP contribution in [0.2, 0.25) is 0 Å². The molecule has 2 aromatic heterocycles. The van der Waals surface area contributed by atoms with Crippen LogP contribution in [0.15, 0.2) is 12.7 Å². The Kier molecular flexibility index (Phi) is 4.27. The number of rotatable bonds is 4. The summed E-state index contributed by atoms with van der Waals surface area (Å²) in [5, 5.41) is 3.53. The molecule has 2 aromatic rings. The molecule has 1 unspecified atom stereocenters. The summed E-state index contributed by atoms with van der Waals surface area (Å²) in [6.07, 6.45) is 13.0. The van der Waals surface area contributed by atoms with Gasteiger partial charge < -0.3 is 19.5 Å². The second-order valence-corrected chi connectivity index (χ2v) is 8.21. The summed E-state index contributed by atoms with van der Waals surface area (Å²) in [5.74, 6) is 2.78. The van der Waals surface area contributed by atoms with Crippen molar-refractivity contribution in [1.29, 1.82) is 0 Å². The smallest absolute Gasteiger partial charge is 0.167 e. The van der Waals surface area contributed by atoms with Crippen LogP contribution in [0.25, 0.3) is 11.2 Å². The lowest BCUT2D eigenvalue weighted by atomic mass is 10.1. The van der Waals surface area contributed by atoms with Gasteiger partial charge in [0.15, 0.2) is 29.0 Å². The molecule has 8 heteroatoms. The molecule has 2 saturated heterocycles. The van der Waals surface area contributed by atoms with Crippen molar-refractivity contribution in [3.8, 4) is 12.3 Å². The highest BCUT2D eigenvalue weighted by Gasteiger charge is 2.55. The highest BCUT2D eigenvalue weighted by Crippen LogP contribution is 2.44. The molecule has 1 aliphatic carbocycles. The van der Waals surface area contributed by atoms with E-state index in [9.17, 15) is 0 Å². The summed E-state index contributed by atoms with van der Waals surface area (Å²) in [5.41, 5.74) is 1.46. The molecule has 0 aromatic carbocycles. The van der Waals surface area contributed by atoms with Gasteiger partial charge in [0.2, 0.25) is 0 Å². The maximum atomic E-state index is 6.24. The first-order valence-electron chi connectivity index (χ1n) is 9.94. The minimum Gasteiger partial charge on any atom is -0.365 e. The first-order chi connectivity index (χ1) is 13.6. The number of fused-ring (bicyclic) bond motifs is 2. The monoisotopic (exact) mass is 383 g/mol. The fraction of sp³-hybridized carbons (Fsp3) is 0.650. The number of nitrogens with one attached hydrogen (secondary N) is 1. The molecule has 1 saturated carbocycles. The Morgan fingerprint density at radius 1 is 1.21 bits per heavy atom. The van der Waals surface area contributed by atoms with Crippen molar-refractivity contribution in [1.82, 2.24) is 19.5 Å². The van der Waals surface area contributed by atoms with Crippen LogP contribution < -0.4 is 5.32 Å². The van der Waals surface area contributed by atoms with Crippen molar-refractivity contribution in [3.63, 3.8) is 0 Å². The second kappa shape index (κ2) is 6.69. The van der Waals surface area contributed by atoms with Crippen LogP contribution in [0.5, 0.6) is 0 Å². The number of hydrogen-bond donors (Lipinski definition) is 1. The topological polar surface area (TPSA) is 83.3 Å². The lowest BCUT2D eigenvalue weighted by molar-refractivity contribution is -0.195. The van der Waals surface area contributed by atoms with Crippen LogP contribution >= 0.6 is 0 Å². The van der Waals surface area contributed by atoms with Gasteiger partial charge in [-0.05, 0) is 26.7 Å². The van der Waals surface area contributed by atoms with Crippen molar-refractivity contribution in [2.45, 2.75) is 82.3 Å². The van der Waals surface area contributed by atoms with E-state index < -0.39 is 12.0 Å². The van der Waals surface area contributed by atoms with E-state index in [2.05, 4.69) is 26.2 Å². The van der Waals surface area contributed by atoms with Gasteiger partial charge in [0.25, 0.3) is 0 Å². The second-order valence-electron chi connectivity index (χ2n) is 8.21. The molecule has 0 amide bonds. The molecule has 0 radical (unpaired) electrons. The minimum absolute atomic E-state index is 0.216. The molecule has 3 fully saturated rings. The highest BCUT2D eigenvalue weighted by atomic mass is 16.8. The SMILES string of the molecule is C#CC[C@H]1O[C@@H](n2cnc3c(NC4CCCC4)ncnc32)C2OC(C)(C)O[C@H]21. The maximum absolute atomic E-state index is 6.24. The van der Waals surface area contributed by atoms with Crippen LogP contribution in [0.3, 0.4) is 0 Å². The number of imidazole rings is 1. The van der Waals surface area contributed by atoms with E-state index in [-0.39, 0.29) is 18.3 Å². The van der Waals surface area contributed by atoms with Gasteiger partial charge in [-0.3, -0.25) is 4.57 Å². The minimum atomic E-state index is -0.676. The van der Waals surface area contributed by atoms with Crippen LogP contribution in [0.4, 0.5) is 5.82 Å². The average molecular weight is 383 g/mol.